The summed E-state index contributed by atoms with van der Waals surface area (Å²) in [5, 5.41) is 5.05. The van der Waals surface area contributed by atoms with Crippen LogP contribution in [0.25, 0.3) is 0 Å². The van der Waals surface area contributed by atoms with Gasteiger partial charge in [0.05, 0.1) is 0 Å². The highest BCUT2D eigenvalue weighted by Crippen LogP contribution is 2.22. The maximum Gasteiger partial charge on any atom is 0.387 e. The lowest BCUT2D eigenvalue weighted by Crippen LogP contribution is -2.36. The minimum Gasteiger partial charge on any atom is -0.432 e. The van der Waals surface area contributed by atoms with Crippen molar-refractivity contribution in [1.82, 2.24) is 10.2 Å². The Hall–Kier alpha value is -1.96. The van der Waals surface area contributed by atoms with Gasteiger partial charge < -0.3 is 20.3 Å². The SMILES string of the molecule is CCN(CC)CCNC(=O)Nc1ccc(OC(F)F)c(F)c1. The minimum absolute atomic E-state index is 0.152. The molecule has 0 saturated carbocycles. The maximum absolute atomic E-state index is 13.5. The first kappa shape index (κ1) is 18.1. The van der Waals surface area contributed by atoms with Crippen molar-refractivity contribution in [3.63, 3.8) is 0 Å². The van der Waals surface area contributed by atoms with Crippen LogP contribution in [-0.2, 0) is 0 Å². The number of hydrogen-bond donors (Lipinski definition) is 2. The van der Waals surface area contributed by atoms with E-state index in [2.05, 4.69) is 20.3 Å². The monoisotopic (exact) mass is 319 g/mol. The smallest absolute Gasteiger partial charge is 0.387 e. The number of carbonyl (C=O) groups is 1. The van der Waals surface area contributed by atoms with Crippen molar-refractivity contribution < 1.29 is 22.7 Å². The van der Waals surface area contributed by atoms with Crippen LogP contribution in [0.15, 0.2) is 18.2 Å². The average molecular weight is 319 g/mol. The number of urea groups is 1. The fourth-order valence-electron chi connectivity index (χ4n) is 1.81. The number of halogens is 3. The third-order valence-electron chi connectivity index (χ3n) is 3.01. The van der Waals surface area contributed by atoms with Crippen LogP contribution < -0.4 is 15.4 Å². The van der Waals surface area contributed by atoms with E-state index in [4.69, 9.17) is 0 Å². The fourth-order valence-corrected chi connectivity index (χ4v) is 1.81. The largest absolute Gasteiger partial charge is 0.432 e. The zero-order valence-corrected chi connectivity index (χ0v) is 12.5. The molecule has 0 bridgehead atoms. The summed E-state index contributed by atoms with van der Waals surface area (Å²) in [4.78, 5) is 13.8. The van der Waals surface area contributed by atoms with Crippen molar-refractivity contribution >= 4 is 11.7 Å². The van der Waals surface area contributed by atoms with Crippen LogP contribution in [-0.4, -0.2) is 43.7 Å². The molecule has 0 fully saturated rings. The third-order valence-corrected chi connectivity index (χ3v) is 3.01. The van der Waals surface area contributed by atoms with Crippen molar-refractivity contribution in [2.24, 2.45) is 0 Å². The van der Waals surface area contributed by atoms with Gasteiger partial charge in [-0.3, -0.25) is 0 Å². The van der Waals surface area contributed by atoms with Crippen molar-refractivity contribution in [2.45, 2.75) is 20.5 Å². The van der Waals surface area contributed by atoms with Gasteiger partial charge >= 0.3 is 12.6 Å². The minimum atomic E-state index is -3.10. The number of ether oxygens (including phenoxy) is 1. The van der Waals surface area contributed by atoms with Crippen LogP contribution >= 0.6 is 0 Å². The summed E-state index contributed by atoms with van der Waals surface area (Å²) in [6.07, 6.45) is 0. The quantitative estimate of drug-likeness (QED) is 0.775. The highest BCUT2D eigenvalue weighted by molar-refractivity contribution is 5.89. The molecule has 0 aromatic heterocycles. The lowest BCUT2D eigenvalue weighted by Gasteiger charge is -2.18. The molecule has 8 heteroatoms. The number of carbonyl (C=O) groups excluding carboxylic acids is 1. The Kier molecular flexibility index (Phi) is 7.51. The van der Waals surface area contributed by atoms with Gasteiger partial charge in [0.1, 0.15) is 0 Å². The first-order valence-corrected chi connectivity index (χ1v) is 6.97. The molecule has 0 aliphatic carbocycles. The Labute approximate surface area is 127 Å². The van der Waals surface area contributed by atoms with E-state index in [0.717, 1.165) is 25.2 Å². The van der Waals surface area contributed by atoms with Crippen LogP contribution in [0, 0.1) is 5.82 Å². The predicted octanol–water partition coefficient (Wildman–Crippen LogP) is 2.89. The molecule has 2 amide bonds. The first-order chi connectivity index (χ1) is 10.5. The molecule has 0 spiro atoms. The Morgan fingerprint density at radius 1 is 1.32 bits per heavy atom. The van der Waals surface area contributed by atoms with Gasteiger partial charge in [-0.2, -0.15) is 8.78 Å². The Bertz CT molecular complexity index is 482. The zero-order chi connectivity index (χ0) is 16.5. The van der Waals surface area contributed by atoms with Gasteiger partial charge in [-0.15, -0.1) is 0 Å². The van der Waals surface area contributed by atoms with Crippen LogP contribution in [0.3, 0.4) is 0 Å². The molecule has 0 atom stereocenters. The van der Waals surface area contributed by atoms with Gasteiger partial charge in [0.2, 0.25) is 0 Å². The Morgan fingerprint density at radius 3 is 2.55 bits per heavy atom. The molecular formula is C14H20F3N3O2. The molecule has 2 N–H and O–H groups in total. The topological polar surface area (TPSA) is 53.6 Å². The molecule has 0 aliphatic heterocycles. The van der Waals surface area contributed by atoms with Crippen molar-refractivity contribution in [3.8, 4) is 5.75 Å². The Balaban J connectivity index is 2.46. The third kappa shape index (κ3) is 6.21. The van der Waals surface area contributed by atoms with Crippen LogP contribution in [0.4, 0.5) is 23.7 Å². The number of nitrogens with one attached hydrogen (secondary N) is 2. The van der Waals surface area contributed by atoms with E-state index in [9.17, 15) is 18.0 Å². The van der Waals surface area contributed by atoms with E-state index in [1.165, 1.54) is 6.07 Å². The number of rotatable bonds is 8. The van der Waals surface area contributed by atoms with E-state index in [1.54, 1.807) is 0 Å². The molecule has 0 radical (unpaired) electrons. The highest BCUT2D eigenvalue weighted by atomic mass is 19.3. The first-order valence-electron chi connectivity index (χ1n) is 6.97. The molecule has 0 unspecified atom stereocenters. The molecule has 124 valence electrons. The summed E-state index contributed by atoms with van der Waals surface area (Å²) < 4.78 is 41.5. The van der Waals surface area contributed by atoms with Crippen molar-refractivity contribution in [2.75, 3.05) is 31.5 Å². The molecular weight excluding hydrogens is 299 g/mol. The summed E-state index contributed by atoms with van der Waals surface area (Å²) >= 11 is 0. The number of anilines is 1. The molecule has 5 nitrogen and oxygen atoms in total. The molecule has 0 aliphatic rings. The molecule has 0 saturated heterocycles. The molecule has 1 aromatic carbocycles. The van der Waals surface area contributed by atoms with E-state index in [1.807, 2.05) is 13.8 Å². The second-order valence-electron chi connectivity index (χ2n) is 4.43. The van der Waals surface area contributed by atoms with Gasteiger partial charge in [0.25, 0.3) is 0 Å². The standard InChI is InChI=1S/C14H20F3N3O2/c1-3-20(4-2)8-7-18-14(21)19-10-5-6-12(11(15)9-10)22-13(16)17/h5-6,9,13H,3-4,7-8H2,1-2H3,(H2,18,19,21). The lowest BCUT2D eigenvalue weighted by molar-refractivity contribution is -0.0521. The van der Waals surface area contributed by atoms with Crippen molar-refractivity contribution in [3.05, 3.63) is 24.0 Å². The van der Waals surface area contributed by atoms with Crippen LogP contribution in [0.5, 0.6) is 5.75 Å². The van der Waals surface area contributed by atoms with E-state index < -0.39 is 24.2 Å². The van der Waals surface area contributed by atoms with Crippen LogP contribution in [0.2, 0.25) is 0 Å². The molecule has 1 aromatic rings. The number of likely N-dealkylation sites (N-methyl/N-ethyl adjacent to an activating group) is 1. The summed E-state index contributed by atoms with van der Waals surface area (Å²) in [7, 11) is 0. The number of amides is 2. The Morgan fingerprint density at radius 2 is 2.00 bits per heavy atom. The molecule has 1 rings (SSSR count). The van der Waals surface area contributed by atoms with E-state index in [-0.39, 0.29) is 5.69 Å². The number of nitrogens with zero attached hydrogens (tertiary/aromatic N) is 1. The van der Waals surface area contributed by atoms with E-state index >= 15 is 0 Å². The highest BCUT2D eigenvalue weighted by Gasteiger charge is 2.11. The number of hydrogen-bond acceptors (Lipinski definition) is 3. The average Bonchev–Trinajstić information content (AvgIpc) is 2.46. The fraction of sp³-hybridized carbons (Fsp3) is 0.500. The molecule has 22 heavy (non-hydrogen) atoms. The second-order valence-corrected chi connectivity index (χ2v) is 4.43. The van der Waals surface area contributed by atoms with Crippen molar-refractivity contribution in [1.29, 1.82) is 0 Å². The van der Waals surface area contributed by atoms with E-state index in [0.29, 0.717) is 13.1 Å². The summed E-state index contributed by atoms with van der Waals surface area (Å²) in [5.41, 5.74) is 0.152. The maximum atomic E-state index is 13.5. The molecule has 0 heterocycles. The summed E-state index contributed by atoms with van der Waals surface area (Å²) in [6.45, 7) is 3.87. The second kappa shape index (κ2) is 9.14. The van der Waals surface area contributed by atoms with Gasteiger partial charge in [0, 0.05) is 24.8 Å². The lowest BCUT2D eigenvalue weighted by atomic mass is 10.3. The summed E-state index contributed by atoms with van der Waals surface area (Å²) in [5.74, 6) is -1.54. The van der Waals surface area contributed by atoms with Gasteiger partial charge in [0.15, 0.2) is 11.6 Å². The summed E-state index contributed by atoms with van der Waals surface area (Å²) in [6, 6.07) is 2.74. The van der Waals surface area contributed by atoms with Gasteiger partial charge in [-0.1, -0.05) is 13.8 Å². The normalized spacial score (nSPS) is 10.9. The number of alkyl halides is 2. The van der Waals surface area contributed by atoms with Gasteiger partial charge in [-0.25, -0.2) is 9.18 Å². The zero-order valence-electron chi connectivity index (χ0n) is 12.5. The van der Waals surface area contributed by atoms with Gasteiger partial charge in [-0.05, 0) is 25.2 Å². The predicted molar refractivity (Wildman–Crippen MR) is 77.8 cm³/mol. The van der Waals surface area contributed by atoms with Crippen LogP contribution in [0.1, 0.15) is 13.8 Å². The number of benzene rings is 1.